The van der Waals surface area contributed by atoms with Gasteiger partial charge in [0.05, 0.1) is 11.6 Å². The van der Waals surface area contributed by atoms with Crippen molar-refractivity contribution in [3.63, 3.8) is 0 Å². The van der Waals surface area contributed by atoms with E-state index in [1.54, 1.807) is 20.2 Å². The fraction of sp³-hybridized carbons (Fsp3) is 0.367. The molecule has 10 nitrogen and oxygen atoms in total. The van der Waals surface area contributed by atoms with Gasteiger partial charge in [0, 0.05) is 24.6 Å². The van der Waals surface area contributed by atoms with E-state index in [4.69, 9.17) is 5.73 Å². The second-order valence-electron chi connectivity index (χ2n) is 11.0. The molecule has 2 aromatic rings. The fourth-order valence-electron chi connectivity index (χ4n) is 6.62. The van der Waals surface area contributed by atoms with Crippen LogP contribution in [0.25, 0.3) is 11.1 Å². The van der Waals surface area contributed by atoms with Crippen LogP contribution in [-0.2, 0) is 22.6 Å². The van der Waals surface area contributed by atoms with E-state index in [-0.39, 0.29) is 36.3 Å². The second kappa shape index (κ2) is 10.4. The first kappa shape index (κ1) is 28.5. The van der Waals surface area contributed by atoms with Gasteiger partial charge in [-0.15, -0.1) is 0 Å². The molecule has 0 saturated heterocycles. The van der Waals surface area contributed by atoms with Crippen molar-refractivity contribution in [3.8, 4) is 16.9 Å². The van der Waals surface area contributed by atoms with Crippen LogP contribution in [0.3, 0.4) is 0 Å². The fourth-order valence-corrected chi connectivity index (χ4v) is 6.62. The Bertz CT molecular complexity index is 1510. The molecule has 0 aromatic heterocycles. The Morgan fingerprint density at radius 1 is 1.12 bits per heavy atom. The number of alkyl halides is 1. The molecule has 3 aliphatic rings. The van der Waals surface area contributed by atoms with Crippen molar-refractivity contribution in [1.82, 2.24) is 10.2 Å². The maximum Gasteiger partial charge on any atom is 0.255 e. The number of nitrogens with zero attached hydrogens (tertiary/aromatic N) is 1. The lowest BCUT2D eigenvalue weighted by Gasteiger charge is -2.50. The highest BCUT2D eigenvalue weighted by Gasteiger charge is 2.63. The first-order valence-corrected chi connectivity index (χ1v) is 13.3. The summed E-state index contributed by atoms with van der Waals surface area (Å²) >= 11 is 0. The van der Waals surface area contributed by atoms with Crippen LogP contribution in [0.15, 0.2) is 59.1 Å². The Balaban J connectivity index is 1.61. The van der Waals surface area contributed by atoms with E-state index in [0.29, 0.717) is 17.7 Å². The van der Waals surface area contributed by atoms with Crippen LogP contribution in [0.2, 0.25) is 0 Å². The number of likely N-dealkylation sites (N-methyl/N-ethyl adjacent to an activating group) is 1. The topological polar surface area (TPSA) is 173 Å². The number of carbonyl (C=O) groups is 3. The molecule has 7 N–H and O–H groups in total. The van der Waals surface area contributed by atoms with Gasteiger partial charge in [0.1, 0.15) is 29.5 Å². The number of fused-ring (bicyclic) bond motifs is 3. The number of aromatic hydroxyl groups is 1. The van der Waals surface area contributed by atoms with Crippen molar-refractivity contribution in [2.24, 2.45) is 17.6 Å². The van der Waals surface area contributed by atoms with E-state index >= 15 is 0 Å². The normalized spacial score (nSPS) is 25.7. The van der Waals surface area contributed by atoms with Gasteiger partial charge < -0.3 is 31.5 Å². The summed E-state index contributed by atoms with van der Waals surface area (Å²) in [6, 6.07) is 9.51. The van der Waals surface area contributed by atoms with Gasteiger partial charge in [-0.2, -0.15) is 0 Å². The van der Waals surface area contributed by atoms with Gasteiger partial charge in [-0.3, -0.25) is 19.3 Å². The zero-order valence-corrected chi connectivity index (χ0v) is 22.6. The summed E-state index contributed by atoms with van der Waals surface area (Å²) in [6.45, 7) is 0.261. The predicted octanol–water partition coefficient (Wildman–Crippen LogP) is 1.85. The molecule has 41 heavy (non-hydrogen) atoms. The summed E-state index contributed by atoms with van der Waals surface area (Å²) < 4.78 is 12.4. The minimum absolute atomic E-state index is 0.0139. The van der Waals surface area contributed by atoms with Gasteiger partial charge in [0.15, 0.2) is 11.4 Å². The number of nitrogens with two attached hydrogens (primary N) is 1. The van der Waals surface area contributed by atoms with Crippen molar-refractivity contribution in [2.75, 3.05) is 27.3 Å². The number of nitrogens with one attached hydrogen (secondary N) is 1. The molecule has 5 rings (SSSR count). The first-order chi connectivity index (χ1) is 19.4. The average Bonchev–Trinajstić information content (AvgIpc) is 2.91. The quantitative estimate of drug-likeness (QED) is 0.216. The average molecular weight is 566 g/mol. The summed E-state index contributed by atoms with van der Waals surface area (Å²) in [6.07, 6.45) is 0.206. The van der Waals surface area contributed by atoms with Crippen LogP contribution in [0, 0.1) is 11.8 Å². The monoisotopic (exact) mass is 565 g/mol. The van der Waals surface area contributed by atoms with Crippen LogP contribution in [0.1, 0.15) is 27.9 Å². The molecule has 4 atom stereocenters. The van der Waals surface area contributed by atoms with E-state index in [1.165, 1.54) is 11.0 Å². The van der Waals surface area contributed by atoms with Crippen molar-refractivity contribution in [3.05, 3.63) is 75.8 Å². The number of Topliss-reactive ketones (excluding diaryl/α,β-unsaturated/α-hetero) is 2. The van der Waals surface area contributed by atoms with E-state index in [1.807, 2.05) is 24.3 Å². The highest BCUT2D eigenvalue weighted by molar-refractivity contribution is 6.24. The largest absolute Gasteiger partial charge is 0.510 e. The number of primary amides is 1. The highest BCUT2D eigenvalue weighted by Crippen LogP contribution is 2.53. The maximum absolute atomic E-state index is 13.9. The lowest BCUT2D eigenvalue weighted by molar-refractivity contribution is -0.148. The van der Waals surface area contributed by atoms with Gasteiger partial charge in [0.2, 0.25) is 5.78 Å². The number of hydrogen-bond acceptors (Lipinski definition) is 9. The van der Waals surface area contributed by atoms with Gasteiger partial charge in [-0.1, -0.05) is 30.3 Å². The smallest absolute Gasteiger partial charge is 0.255 e. The third-order valence-electron chi connectivity index (χ3n) is 8.47. The second-order valence-corrected chi connectivity index (χ2v) is 11.0. The number of rotatable bonds is 7. The number of halogens is 1. The molecule has 0 fully saturated rings. The molecule has 0 aliphatic heterocycles. The van der Waals surface area contributed by atoms with Crippen LogP contribution in [-0.4, -0.2) is 81.8 Å². The molecule has 2 aromatic carbocycles. The molecule has 0 heterocycles. The Morgan fingerprint density at radius 3 is 2.41 bits per heavy atom. The summed E-state index contributed by atoms with van der Waals surface area (Å²) in [5.74, 6) is -6.85. The number of aliphatic hydroxyl groups excluding tert-OH is 2. The summed E-state index contributed by atoms with van der Waals surface area (Å²) in [4.78, 5) is 40.9. The van der Waals surface area contributed by atoms with Crippen LogP contribution in [0.5, 0.6) is 5.75 Å². The van der Waals surface area contributed by atoms with E-state index in [2.05, 4.69) is 5.32 Å². The minimum Gasteiger partial charge on any atom is -0.510 e. The molecule has 0 saturated carbocycles. The predicted molar refractivity (Wildman–Crippen MR) is 147 cm³/mol. The molecule has 1 amide bonds. The zero-order chi connectivity index (χ0) is 29.8. The number of ketones is 2. The molecule has 4 unspecified atom stereocenters. The number of amides is 1. The van der Waals surface area contributed by atoms with Gasteiger partial charge in [0.25, 0.3) is 5.91 Å². The standard InChI is InChI=1S/C30H32FN3O7/c1-34(2)24-19-12-16-11-18-17(15-5-3-14(4-6-15)13-33-10-9-31)7-8-20(35)22(18)25(36)21(16)27(38)30(19,41)28(39)23(26(24)37)29(32)40/h3-8,16,19,24,33,35,37-38,41H,9-13H2,1-2H3,(H2,32,40). The Labute approximate surface area is 235 Å². The lowest BCUT2D eigenvalue weighted by atomic mass is 9.58. The number of phenols is 1. The summed E-state index contributed by atoms with van der Waals surface area (Å²) in [7, 11) is 3.17. The highest BCUT2D eigenvalue weighted by atomic mass is 19.1. The van der Waals surface area contributed by atoms with Gasteiger partial charge in [-0.05, 0) is 61.2 Å². The van der Waals surface area contributed by atoms with Crippen LogP contribution in [0.4, 0.5) is 4.39 Å². The molecular formula is C30H32FN3O7. The molecular weight excluding hydrogens is 533 g/mol. The number of benzene rings is 2. The Morgan fingerprint density at radius 2 is 1.80 bits per heavy atom. The summed E-state index contributed by atoms with van der Waals surface area (Å²) in [5.41, 5.74) is 4.56. The van der Waals surface area contributed by atoms with Crippen molar-refractivity contribution in [2.45, 2.75) is 31.0 Å². The SMILES string of the molecule is CN(C)C1C(O)=C(C(N)=O)C(=O)C2(O)C(O)=C3C(=O)c4c(O)ccc(-c5ccc(CNCCF)cc5)c4CC3CC12. The number of phenolic OH excluding ortho intramolecular Hbond substituents is 1. The number of carbonyl (C=O) groups excluding carboxylic acids is 3. The Kier molecular flexibility index (Phi) is 7.22. The number of aliphatic hydroxyl groups is 3. The van der Waals surface area contributed by atoms with E-state index in [0.717, 1.165) is 11.1 Å². The first-order valence-electron chi connectivity index (χ1n) is 13.3. The van der Waals surface area contributed by atoms with Crippen molar-refractivity contribution >= 4 is 17.5 Å². The lowest BCUT2D eigenvalue weighted by Crippen LogP contribution is -2.63. The third kappa shape index (κ3) is 4.32. The zero-order valence-electron chi connectivity index (χ0n) is 22.6. The molecule has 11 heteroatoms. The van der Waals surface area contributed by atoms with Crippen LogP contribution >= 0.6 is 0 Å². The molecule has 0 bridgehead atoms. The van der Waals surface area contributed by atoms with Crippen molar-refractivity contribution in [1.29, 1.82) is 0 Å². The number of allylic oxidation sites excluding steroid dienone is 1. The van der Waals surface area contributed by atoms with Gasteiger partial charge >= 0.3 is 0 Å². The number of hydrogen-bond donors (Lipinski definition) is 6. The van der Waals surface area contributed by atoms with Gasteiger partial charge in [-0.25, -0.2) is 4.39 Å². The van der Waals surface area contributed by atoms with Crippen molar-refractivity contribution < 1.29 is 39.2 Å². The van der Waals surface area contributed by atoms with Crippen LogP contribution < -0.4 is 11.1 Å². The summed E-state index contributed by atoms with van der Waals surface area (Å²) in [5, 5.41) is 47.8. The van der Waals surface area contributed by atoms with E-state index < -0.39 is 64.7 Å². The molecule has 3 aliphatic carbocycles. The maximum atomic E-state index is 13.9. The molecule has 216 valence electrons. The molecule has 0 spiro atoms. The Hall–Kier alpha value is -4.06. The molecule has 0 radical (unpaired) electrons. The third-order valence-corrected chi connectivity index (χ3v) is 8.47. The minimum atomic E-state index is -2.68. The van der Waals surface area contributed by atoms with E-state index in [9.17, 15) is 39.2 Å².